The summed E-state index contributed by atoms with van der Waals surface area (Å²) < 4.78 is 6.68. The minimum Gasteiger partial charge on any atom is -0.462 e. The van der Waals surface area contributed by atoms with Gasteiger partial charge in [-0.2, -0.15) is 0 Å². The number of fused-ring (bicyclic) bond motifs is 1. The summed E-state index contributed by atoms with van der Waals surface area (Å²) in [6, 6.07) is 16.9. The highest BCUT2D eigenvalue weighted by atomic mass is 32.1. The fourth-order valence-corrected chi connectivity index (χ4v) is 5.19. The molecule has 0 spiro atoms. The maximum absolute atomic E-state index is 13.1. The van der Waals surface area contributed by atoms with E-state index in [1.807, 2.05) is 63.2 Å². The number of nitrogens with zero attached hydrogens (tertiary/aromatic N) is 1. The van der Waals surface area contributed by atoms with Crippen molar-refractivity contribution in [1.29, 1.82) is 0 Å². The normalized spacial score (nSPS) is 10.9. The second kappa shape index (κ2) is 9.65. The minimum absolute atomic E-state index is 0.166. The number of thiophene rings is 1. The van der Waals surface area contributed by atoms with E-state index < -0.39 is 5.97 Å². The van der Waals surface area contributed by atoms with Gasteiger partial charge in [-0.25, -0.2) is 4.79 Å². The highest BCUT2D eigenvalue weighted by Gasteiger charge is 2.21. The van der Waals surface area contributed by atoms with Crippen molar-refractivity contribution >= 4 is 39.1 Å². The average Bonchev–Trinajstić information content (AvgIpc) is 3.21. The van der Waals surface area contributed by atoms with Gasteiger partial charge >= 0.3 is 5.97 Å². The number of hydrogen-bond acceptors (Lipinski definition) is 5. The molecule has 0 saturated heterocycles. The van der Waals surface area contributed by atoms with E-state index in [-0.39, 0.29) is 24.6 Å². The molecule has 4 rings (SSSR count). The van der Waals surface area contributed by atoms with Crippen molar-refractivity contribution < 1.29 is 14.3 Å². The van der Waals surface area contributed by atoms with E-state index >= 15 is 0 Å². The van der Waals surface area contributed by atoms with Gasteiger partial charge in [0.1, 0.15) is 11.5 Å². The smallest absolute Gasteiger partial charge is 0.341 e. The van der Waals surface area contributed by atoms with Crippen molar-refractivity contribution in [2.45, 2.75) is 34.2 Å². The first-order valence-electron chi connectivity index (χ1n) is 11.1. The maximum Gasteiger partial charge on any atom is 0.341 e. The average molecular weight is 475 g/mol. The first-order valence-corrected chi connectivity index (χ1v) is 11.9. The molecule has 0 saturated carbocycles. The topological polar surface area (TPSA) is 77.4 Å². The molecule has 0 radical (unpaired) electrons. The number of hydrogen-bond donors (Lipinski definition) is 1. The lowest BCUT2D eigenvalue weighted by Crippen LogP contribution is -2.28. The van der Waals surface area contributed by atoms with E-state index in [9.17, 15) is 14.4 Å². The van der Waals surface area contributed by atoms with Gasteiger partial charge in [0.25, 0.3) is 5.56 Å². The zero-order valence-electron chi connectivity index (χ0n) is 19.6. The zero-order valence-corrected chi connectivity index (χ0v) is 20.4. The van der Waals surface area contributed by atoms with Crippen molar-refractivity contribution in [3.05, 3.63) is 87.2 Å². The number of aromatic nitrogens is 1. The number of carbonyl (C=O) groups is 2. The molecular weight excluding hydrogens is 448 g/mol. The van der Waals surface area contributed by atoms with Crippen molar-refractivity contribution in [3.8, 4) is 10.4 Å². The predicted molar refractivity (Wildman–Crippen MR) is 137 cm³/mol. The summed E-state index contributed by atoms with van der Waals surface area (Å²) in [6.07, 6.45) is 0. The van der Waals surface area contributed by atoms with Crippen molar-refractivity contribution in [2.24, 2.45) is 0 Å². The Bertz CT molecular complexity index is 1450. The molecule has 0 aliphatic carbocycles. The van der Waals surface area contributed by atoms with Crippen LogP contribution in [0.4, 0.5) is 5.00 Å². The van der Waals surface area contributed by atoms with Crippen LogP contribution in [-0.4, -0.2) is 23.1 Å². The number of esters is 1. The van der Waals surface area contributed by atoms with E-state index in [0.717, 1.165) is 38.0 Å². The molecule has 1 N–H and O–H groups in total. The Labute approximate surface area is 201 Å². The van der Waals surface area contributed by atoms with Crippen LogP contribution in [0.15, 0.2) is 59.4 Å². The summed E-state index contributed by atoms with van der Waals surface area (Å²) in [4.78, 5) is 39.4. The third-order valence-electron chi connectivity index (χ3n) is 5.59. The van der Waals surface area contributed by atoms with Crippen molar-refractivity contribution in [3.63, 3.8) is 0 Å². The summed E-state index contributed by atoms with van der Waals surface area (Å²) in [5.74, 6) is -0.889. The first-order chi connectivity index (χ1) is 16.3. The molecule has 2 heterocycles. The molecule has 0 atom stereocenters. The van der Waals surface area contributed by atoms with Crippen LogP contribution < -0.4 is 10.9 Å². The lowest BCUT2D eigenvalue weighted by molar-refractivity contribution is -0.116. The van der Waals surface area contributed by atoms with Crippen LogP contribution in [0.1, 0.15) is 34.0 Å². The molecule has 0 unspecified atom stereocenters. The van der Waals surface area contributed by atoms with Gasteiger partial charge in [0, 0.05) is 16.3 Å². The number of amides is 1. The van der Waals surface area contributed by atoms with E-state index in [0.29, 0.717) is 10.6 Å². The van der Waals surface area contributed by atoms with Gasteiger partial charge < -0.3 is 10.1 Å². The van der Waals surface area contributed by atoms with Crippen LogP contribution in [0, 0.1) is 20.8 Å². The first kappa shape index (κ1) is 23.4. The number of rotatable bonds is 6. The van der Waals surface area contributed by atoms with E-state index in [2.05, 4.69) is 5.32 Å². The third-order valence-corrected chi connectivity index (χ3v) is 6.69. The summed E-state index contributed by atoms with van der Waals surface area (Å²) in [5, 5.41) is 4.19. The third kappa shape index (κ3) is 4.65. The lowest BCUT2D eigenvalue weighted by Gasteiger charge is -2.15. The SMILES string of the molecule is CCOC(=O)c1cc(-c2ccccc2)sc1NC(=O)Cn1c(=O)cc(C)c2cc(C)cc(C)c21. The summed E-state index contributed by atoms with van der Waals surface area (Å²) >= 11 is 1.30. The molecule has 2 aromatic heterocycles. The number of ether oxygens (including phenoxy) is 1. The summed E-state index contributed by atoms with van der Waals surface area (Å²) in [7, 11) is 0. The molecule has 4 aromatic rings. The number of benzene rings is 2. The quantitative estimate of drug-likeness (QED) is 0.376. The van der Waals surface area contributed by atoms with Crippen molar-refractivity contribution in [1.82, 2.24) is 4.57 Å². The van der Waals surface area contributed by atoms with E-state index in [4.69, 9.17) is 4.74 Å². The van der Waals surface area contributed by atoms with Crippen LogP contribution >= 0.6 is 11.3 Å². The molecule has 0 aliphatic rings. The van der Waals surface area contributed by atoms with Gasteiger partial charge in [0.2, 0.25) is 5.91 Å². The predicted octanol–water partition coefficient (Wildman–Crippen LogP) is 5.47. The van der Waals surface area contributed by atoms with Gasteiger partial charge in [-0.15, -0.1) is 11.3 Å². The molecule has 1 amide bonds. The maximum atomic E-state index is 13.1. The number of aryl methyl sites for hydroxylation is 3. The van der Waals surface area contributed by atoms with Gasteiger partial charge in [-0.1, -0.05) is 42.0 Å². The van der Waals surface area contributed by atoms with Crippen LogP contribution in [0.2, 0.25) is 0 Å². The van der Waals surface area contributed by atoms with Crippen LogP contribution in [0.5, 0.6) is 0 Å². The molecule has 0 aliphatic heterocycles. The Morgan fingerprint density at radius 1 is 1.00 bits per heavy atom. The Kier molecular flexibility index (Phi) is 6.65. The summed E-state index contributed by atoms with van der Waals surface area (Å²) in [6.45, 7) is 7.64. The largest absolute Gasteiger partial charge is 0.462 e. The van der Waals surface area contributed by atoms with Crippen LogP contribution in [0.3, 0.4) is 0 Å². The molecule has 2 aromatic carbocycles. The van der Waals surface area contributed by atoms with E-state index in [1.165, 1.54) is 15.9 Å². The van der Waals surface area contributed by atoms with Gasteiger partial charge in [-0.05, 0) is 56.5 Å². The summed E-state index contributed by atoms with van der Waals surface area (Å²) in [5.41, 5.74) is 4.63. The van der Waals surface area contributed by atoms with Gasteiger partial charge in [-0.3, -0.25) is 14.2 Å². The molecular formula is C27H26N2O4S. The Morgan fingerprint density at radius 2 is 1.74 bits per heavy atom. The van der Waals surface area contributed by atoms with Crippen LogP contribution in [0.25, 0.3) is 21.3 Å². The van der Waals surface area contributed by atoms with Crippen molar-refractivity contribution in [2.75, 3.05) is 11.9 Å². The molecule has 6 nitrogen and oxygen atoms in total. The minimum atomic E-state index is -0.500. The number of carbonyl (C=O) groups excluding carboxylic acids is 2. The Balaban J connectivity index is 1.70. The van der Waals surface area contributed by atoms with Gasteiger partial charge in [0.15, 0.2) is 0 Å². The fourth-order valence-electron chi connectivity index (χ4n) is 4.13. The molecule has 0 bridgehead atoms. The molecule has 174 valence electrons. The van der Waals surface area contributed by atoms with E-state index in [1.54, 1.807) is 19.1 Å². The number of nitrogens with one attached hydrogen (secondary N) is 1. The second-order valence-corrected chi connectivity index (χ2v) is 9.27. The highest BCUT2D eigenvalue weighted by molar-refractivity contribution is 7.20. The molecule has 34 heavy (non-hydrogen) atoms. The molecule has 7 heteroatoms. The highest BCUT2D eigenvalue weighted by Crippen LogP contribution is 2.36. The molecule has 0 fully saturated rings. The number of pyridine rings is 1. The van der Waals surface area contributed by atoms with Gasteiger partial charge in [0.05, 0.1) is 17.7 Å². The lowest BCUT2D eigenvalue weighted by atomic mass is 10.0. The number of anilines is 1. The zero-order chi connectivity index (χ0) is 24.4. The monoisotopic (exact) mass is 474 g/mol. The second-order valence-electron chi connectivity index (χ2n) is 8.22. The van der Waals surface area contributed by atoms with Crippen LogP contribution in [-0.2, 0) is 16.1 Å². The Morgan fingerprint density at radius 3 is 2.44 bits per heavy atom. The standard InChI is InChI=1S/C27H26N2O4S/c1-5-33-27(32)21-14-22(19-9-7-6-8-10-19)34-26(21)28-23(30)15-29-24(31)13-17(3)20-12-16(2)11-18(4)25(20)29/h6-14H,5,15H2,1-4H3,(H,28,30). The Hall–Kier alpha value is -3.71. The fraction of sp³-hybridized carbons (Fsp3) is 0.222.